The highest BCUT2D eigenvalue weighted by molar-refractivity contribution is 9.10. The zero-order chi connectivity index (χ0) is 24.9. The SMILES string of the molecule is Cc1cc(Cl)c(OCCOc2ccc(CC(C#N)c3ccc(Br)cc3C(F)(F)F)cc2)c(Cl)c1. The van der Waals surface area contributed by atoms with Gasteiger partial charge in [-0.2, -0.15) is 18.4 Å². The number of halogens is 6. The zero-order valence-corrected chi connectivity index (χ0v) is 21.0. The van der Waals surface area contributed by atoms with Crippen LogP contribution in [-0.4, -0.2) is 13.2 Å². The summed E-state index contributed by atoms with van der Waals surface area (Å²) < 4.78 is 52.0. The van der Waals surface area contributed by atoms with E-state index < -0.39 is 17.7 Å². The van der Waals surface area contributed by atoms with Crippen LogP contribution in [0.1, 0.15) is 28.2 Å². The highest BCUT2D eigenvalue weighted by atomic mass is 79.9. The Kier molecular flexibility index (Phi) is 8.75. The summed E-state index contributed by atoms with van der Waals surface area (Å²) in [6, 6.07) is 16.2. The minimum absolute atomic E-state index is 0.0518. The average molecular weight is 573 g/mol. The first-order chi connectivity index (χ1) is 16.1. The molecule has 0 aliphatic rings. The van der Waals surface area contributed by atoms with Crippen LogP contribution in [0.2, 0.25) is 10.0 Å². The average Bonchev–Trinajstić information content (AvgIpc) is 2.77. The van der Waals surface area contributed by atoms with Crippen molar-refractivity contribution in [3.63, 3.8) is 0 Å². The molecular formula is C25H19BrCl2F3NO2. The monoisotopic (exact) mass is 571 g/mol. The number of aryl methyl sites for hydroxylation is 1. The number of nitriles is 1. The molecule has 0 aliphatic carbocycles. The Labute approximate surface area is 214 Å². The molecule has 0 bridgehead atoms. The molecule has 3 aromatic carbocycles. The number of nitrogens with zero attached hydrogens (tertiary/aromatic N) is 1. The van der Waals surface area contributed by atoms with E-state index in [4.69, 9.17) is 32.7 Å². The molecule has 178 valence electrons. The lowest BCUT2D eigenvalue weighted by atomic mass is 9.89. The van der Waals surface area contributed by atoms with Crippen LogP contribution >= 0.6 is 39.1 Å². The van der Waals surface area contributed by atoms with Gasteiger partial charge in [0.05, 0.1) is 27.6 Å². The van der Waals surface area contributed by atoms with E-state index in [9.17, 15) is 18.4 Å². The van der Waals surface area contributed by atoms with Crippen molar-refractivity contribution >= 4 is 39.1 Å². The molecule has 0 aliphatic heterocycles. The van der Waals surface area contributed by atoms with E-state index in [1.165, 1.54) is 12.1 Å². The van der Waals surface area contributed by atoms with E-state index in [1.54, 1.807) is 36.4 Å². The zero-order valence-electron chi connectivity index (χ0n) is 17.9. The van der Waals surface area contributed by atoms with Crippen molar-refractivity contribution < 1.29 is 22.6 Å². The lowest BCUT2D eigenvalue weighted by molar-refractivity contribution is -0.138. The molecule has 0 heterocycles. The first-order valence-electron chi connectivity index (χ1n) is 10.1. The second-order valence-corrected chi connectivity index (χ2v) is 9.24. The Morgan fingerprint density at radius 1 is 0.971 bits per heavy atom. The Balaban J connectivity index is 1.60. The lowest BCUT2D eigenvalue weighted by Crippen LogP contribution is -2.13. The maximum atomic E-state index is 13.5. The Bertz CT molecular complexity index is 1170. The molecule has 9 heteroatoms. The highest BCUT2D eigenvalue weighted by Crippen LogP contribution is 2.38. The summed E-state index contributed by atoms with van der Waals surface area (Å²) in [4.78, 5) is 0. The van der Waals surface area contributed by atoms with Gasteiger partial charge in [0.1, 0.15) is 19.0 Å². The van der Waals surface area contributed by atoms with E-state index >= 15 is 0 Å². The molecule has 3 aromatic rings. The van der Waals surface area contributed by atoms with Gasteiger partial charge < -0.3 is 9.47 Å². The van der Waals surface area contributed by atoms with Crippen molar-refractivity contribution in [3.8, 4) is 17.6 Å². The minimum Gasteiger partial charge on any atom is -0.490 e. The summed E-state index contributed by atoms with van der Waals surface area (Å²) in [7, 11) is 0. The smallest absolute Gasteiger partial charge is 0.416 e. The van der Waals surface area contributed by atoms with Gasteiger partial charge in [0.2, 0.25) is 0 Å². The van der Waals surface area contributed by atoms with E-state index in [1.807, 2.05) is 13.0 Å². The molecule has 1 unspecified atom stereocenters. The third-order valence-corrected chi connectivity index (χ3v) is 6.01. The maximum absolute atomic E-state index is 13.5. The fourth-order valence-electron chi connectivity index (χ4n) is 3.39. The molecular weight excluding hydrogens is 554 g/mol. The number of ether oxygens (including phenoxy) is 2. The Morgan fingerprint density at radius 3 is 2.18 bits per heavy atom. The van der Waals surface area contributed by atoms with Crippen LogP contribution < -0.4 is 9.47 Å². The maximum Gasteiger partial charge on any atom is 0.416 e. The molecule has 0 fully saturated rings. The number of hydrogen-bond donors (Lipinski definition) is 0. The number of hydrogen-bond acceptors (Lipinski definition) is 3. The second kappa shape index (κ2) is 11.4. The fourth-order valence-corrected chi connectivity index (χ4v) is 4.45. The third-order valence-electron chi connectivity index (χ3n) is 4.96. The van der Waals surface area contributed by atoms with Gasteiger partial charge in [0.25, 0.3) is 0 Å². The van der Waals surface area contributed by atoms with Crippen LogP contribution in [-0.2, 0) is 12.6 Å². The number of alkyl halides is 3. The summed E-state index contributed by atoms with van der Waals surface area (Å²) >= 11 is 15.4. The van der Waals surface area contributed by atoms with Crippen molar-refractivity contribution in [1.29, 1.82) is 5.26 Å². The molecule has 0 aromatic heterocycles. The lowest BCUT2D eigenvalue weighted by Gasteiger charge is -2.17. The first-order valence-corrected chi connectivity index (χ1v) is 11.7. The summed E-state index contributed by atoms with van der Waals surface area (Å²) in [5, 5.41) is 10.4. The molecule has 0 saturated carbocycles. The van der Waals surface area contributed by atoms with Gasteiger partial charge in [-0.25, -0.2) is 0 Å². The van der Waals surface area contributed by atoms with Crippen molar-refractivity contribution in [2.45, 2.75) is 25.4 Å². The van der Waals surface area contributed by atoms with Crippen LogP contribution in [0.15, 0.2) is 59.1 Å². The second-order valence-electron chi connectivity index (χ2n) is 7.51. The Hall–Kier alpha value is -2.40. The molecule has 0 spiro atoms. The van der Waals surface area contributed by atoms with E-state index in [0.29, 0.717) is 31.6 Å². The quantitative estimate of drug-likeness (QED) is 0.254. The van der Waals surface area contributed by atoms with Crippen molar-refractivity contribution in [1.82, 2.24) is 0 Å². The molecule has 0 N–H and O–H groups in total. The van der Waals surface area contributed by atoms with Gasteiger partial charge in [-0.15, -0.1) is 0 Å². The topological polar surface area (TPSA) is 42.2 Å². The molecule has 0 amide bonds. The number of benzene rings is 3. The first kappa shape index (κ1) is 26.2. The predicted octanol–water partition coefficient (Wildman–Crippen LogP) is 8.39. The normalized spacial score (nSPS) is 12.2. The predicted molar refractivity (Wildman–Crippen MR) is 130 cm³/mol. The van der Waals surface area contributed by atoms with Gasteiger partial charge in [0, 0.05) is 4.47 Å². The standard InChI is InChI=1S/C25H19BrCl2F3NO2/c1-15-10-22(27)24(23(28)11-15)34-9-8-33-19-5-2-16(3-6-19)12-17(14-32)20-7-4-18(26)13-21(20)25(29,30)31/h2-7,10-11,13,17H,8-9,12H2,1H3. The molecule has 34 heavy (non-hydrogen) atoms. The molecule has 0 saturated heterocycles. The van der Waals surface area contributed by atoms with Gasteiger partial charge in [-0.3, -0.25) is 0 Å². The van der Waals surface area contributed by atoms with Crippen LogP contribution in [0.3, 0.4) is 0 Å². The van der Waals surface area contributed by atoms with Crippen molar-refractivity contribution in [2.75, 3.05) is 13.2 Å². The Morgan fingerprint density at radius 2 is 1.59 bits per heavy atom. The van der Waals surface area contributed by atoms with Crippen molar-refractivity contribution in [2.24, 2.45) is 0 Å². The van der Waals surface area contributed by atoms with Crippen LogP contribution in [0, 0.1) is 18.3 Å². The molecule has 0 radical (unpaired) electrons. The van der Waals surface area contributed by atoms with E-state index in [-0.39, 0.29) is 25.2 Å². The largest absolute Gasteiger partial charge is 0.490 e. The summed E-state index contributed by atoms with van der Waals surface area (Å²) in [6.07, 6.45) is -4.42. The number of rotatable bonds is 8. The van der Waals surface area contributed by atoms with E-state index in [0.717, 1.165) is 11.6 Å². The van der Waals surface area contributed by atoms with Crippen molar-refractivity contribution in [3.05, 3.63) is 91.4 Å². The third kappa shape index (κ3) is 6.82. The minimum atomic E-state index is -4.55. The van der Waals surface area contributed by atoms with Gasteiger partial charge in [-0.05, 0) is 66.4 Å². The molecule has 1 atom stereocenters. The summed E-state index contributed by atoms with van der Waals surface area (Å²) in [5.74, 6) is -0.00271. The van der Waals surface area contributed by atoms with Gasteiger partial charge >= 0.3 is 6.18 Å². The summed E-state index contributed by atoms with van der Waals surface area (Å²) in [5.41, 5.74) is 0.766. The molecule has 3 nitrogen and oxygen atoms in total. The highest BCUT2D eigenvalue weighted by Gasteiger charge is 2.35. The van der Waals surface area contributed by atoms with Crippen LogP contribution in [0.5, 0.6) is 11.5 Å². The van der Waals surface area contributed by atoms with Gasteiger partial charge in [0.15, 0.2) is 5.75 Å². The van der Waals surface area contributed by atoms with E-state index in [2.05, 4.69) is 15.9 Å². The van der Waals surface area contributed by atoms with Gasteiger partial charge in [-0.1, -0.05) is 57.3 Å². The van der Waals surface area contributed by atoms with Crippen LogP contribution in [0.4, 0.5) is 13.2 Å². The summed E-state index contributed by atoms with van der Waals surface area (Å²) in [6.45, 7) is 2.32. The fraction of sp³-hybridized carbons (Fsp3) is 0.240. The van der Waals surface area contributed by atoms with Crippen LogP contribution in [0.25, 0.3) is 0 Å². The molecule has 3 rings (SSSR count).